The van der Waals surface area contributed by atoms with Crippen LogP contribution in [0.5, 0.6) is 0 Å². The highest BCUT2D eigenvalue weighted by Gasteiger charge is 2.59. The fraction of sp³-hybridized carbons (Fsp3) is 0.273. The number of fused-ring (bicyclic) bond motifs is 3. The van der Waals surface area contributed by atoms with Crippen molar-refractivity contribution in [2.75, 3.05) is 9.80 Å². The Balaban J connectivity index is 1.67. The van der Waals surface area contributed by atoms with E-state index in [-0.39, 0.29) is 11.0 Å². The molecule has 2 atom stereocenters. The van der Waals surface area contributed by atoms with Crippen molar-refractivity contribution in [2.24, 2.45) is 0 Å². The lowest BCUT2D eigenvalue weighted by Gasteiger charge is -2.50. The van der Waals surface area contributed by atoms with Crippen molar-refractivity contribution in [2.45, 2.75) is 57.4 Å². The molecule has 1 fully saturated rings. The van der Waals surface area contributed by atoms with Gasteiger partial charge in [0.1, 0.15) is 11.6 Å². The van der Waals surface area contributed by atoms with Crippen LogP contribution in [0.25, 0.3) is 0 Å². The second-order valence-electron chi connectivity index (χ2n) is 11.0. The van der Waals surface area contributed by atoms with Crippen molar-refractivity contribution in [3.05, 3.63) is 113 Å². The first kappa shape index (κ1) is 24.9. The Kier molecular flexibility index (Phi) is 5.99. The molecule has 0 aromatic heterocycles. The van der Waals surface area contributed by atoms with Crippen LogP contribution in [-0.2, 0) is 5.41 Å². The number of para-hydroxylation sites is 2. The van der Waals surface area contributed by atoms with Gasteiger partial charge in [-0.1, -0.05) is 61.7 Å². The first-order valence-corrected chi connectivity index (χ1v) is 13.6. The Morgan fingerprint density at radius 2 is 1.37 bits per heavy atom. The molecular formula is C33H31ClF2N2. The summed E-state index contributed by atoms with van der Waals surface area (Å²) < 4.78 is 30.9. The van der Waals surface area contributed by atoms with Gasteiger partial charge in [-0.3, -0.25) is 0 Å². The lowest BCUT2D eigenvalue weighted by molar-refractivity contribution is 0.195. The maximum atomic E-state index is 15.4. The zero-order chi connectivity index (χ0) is 26.7. The number of anilines is 5. The summed E-state index contributed by atoms with van der Waals surface area (Å²) in [7, 11) is 0. The summed E-state index contributed by atoms with van der Waals surface area (Å²) in [4.78, 5) is 4.20. The van der Waals surface area contributed by atoms with E-state index in [0.29, 0.717) is 16.4 Å². The van der Waals surface area contributed by atoms with E-state index in [4.69, 9.17) is 11.6 Å². The highest BCUT2D eigenvalue weighted by Crippen LogP contribution is 2.64. The van der Waals surface area contributed by atoms with E-state index in [9.17, 15) is 0 Å². The van der Waals surface area contributed by atoms with Gasteiger partial charge in [0.05, 0.1) is 22.6 Å². The fourth-order valence-corrected chi connectivity index (χ4v) is 7.19. The van der Waals surface area contributed by atoms with Gasteiger partial charge in [0.15, 0.2) is 0 Å². The normalized spacial score (nSPS) is 22.2. The molecule has 1 saturated carbocycles. The first-order chi connectivity index (χ1) is 18.2. The zero-order valence-electron chi connectivity index (χ0n) is 21.9. The van der Waals surface area contributed by atoms with Crippen molar-refractivity contribution in [3.63, 3.8) is 0 Å². The number of hydrogen-bond acceptors (Lipinski definition) is 2. The molecule has 0 amide bonds. The van der Waals surface area contributed by atoms with E-state index in [1.165, 1.54) is 12.1 Å². The monoisotopic (exact) mass is 528 g/mol. The minimum Gasteiger partial charge on any atom is -0.334 e. The SMILES string of the molecule is Cc1cc(Cl)cc(N2c3cccc(N(c4ccccc4F)c4ccccc4F)c3C3(C)CCCCC23C)c1. The molecule has 2 aliphatic rings. The molecule has 0 N–H and O–H groups in total. The predicted octanol–water partition coefficient (Wildman–Crippen LogP) is 10.1. The minimum atomic E-state index is -0.398. The van der Waals surface area contributed by atoms with Gasteiger partial charge >= 0.3 is 0 Å². The topological polar surface area (TPSA) is 6.48 Å². The standard InChI is InChI=1S/C33H31ClF2N2/c1-22-19-23(34)21-24(20-22)38-30-16-10-15-29(31(30)32(2)17-8-9-18-33(32,38)3)37(27-13-6-4-11-25(27)35)28-14-7-5-12-26(28)36/h4-7,10-16,19-21H,8-9,17-18H2,1-3H3. The predicted molar refractivity (Wildman–Crippen MR) is 154 cm³/mol. The molecule has 4 aromatic rings. The van der Waals surface area contributed by atoms with Crippen LogP contribution in [0, 0.1) is 18.6 Å². The summed E-state index contributed by atoms with van der Waals surface area (Å²) in [6, 6.07) is 25.5. The van der Waals surface area contributed by atoms with Gasteiger partial charge in [-0.15, -0.1) is 0 Å². The molecule has 6 rings (SSSR count). The number of hydrogen-bond donors (Lipinski definition) is 0. The highest BCUT2D eigenvalue weighted by molar-refractivity contribution is 6.31. The second kappa shape index (κ2) is 9.13. The Hall–Kier alpha value is -3.37. The Bertz CT molecular complexity index is 1470. The molecule has 4 aromatic carbocycles. The van der Waals surface area contributed by atoms with Gasteiger partial charge in [0, 0.05) is 27.4 Å². The second-order valence-corrected chi connectivity index (χ2v) is 11.5. The average Bonchev–Trinajstić information content (AvgIpc) is 3.10. The molecule has 38 heavy (non-hydrogen) atoms. The van der Waals surface area contributed by atoms with Crippen LogP contribution in [0.4, 0.5) is 37.2 Å². The number of rotatable bonds is 4. The van der Waals surface area contributed by atoms with Crippen molar-refractivity contribution >= 4 is 40.0 Å². The molecule has 194 valence electrons. The Morgan fingerprint density at radius 1 is 0.763 bits per heavy atom. The number of nitrogens with zero attached hydrogens (tertiary/aromatic N) is 2. The Labute approximate surface area is 228 Å². The van der Waals surface area contributed by atoms with Crippen LogP contribution in [0.1, 0.15) is 50.7 Å². The van der Waals surface area contributed by atoms with E-state index in [0.717, 1.165) is 53.9 Å². The number of benzene rings is 4. The molecule has 1 aliphatic carbocycles. The molecule has 0 radical (unpaired) electrons. The minimum absolute atomic E-state index is 0.239. The third-order valence-corrected chi connectivity index (χ3v) is 9.02. The molecule has 1 aliphatic heterocycles. The van der Waals surface area contributed by atoms with Crippen LogP contribution in [0.2, 0.25) is 5.02 Å². The first-order valence-electron chi connectivity index (χ1n) is 13.2. The van der Waals surface area contributed by atoms with Gasteiger partial charge < -0.3 is 9.80 Å². The maximum absolute atomic E-state index is 15.4. The van der Waals surface area contributed by atoms with Crippen molar-refractivity contribution in [1.29, 1.82) is 0 Å². The number of halogens is 3. The third-order valence-electron chi connectivity index (χ3n) is 8.80. The summed E-state index contributed by atoms with van der Waals surface area (Å²) in [6.45, 7) is 6.72. The van der Waals surface area contributed by atoms with Gasteiger partial charge in [0.2, 0.25) is 0 Å². The van der Waals surface area contributed by atoms with Crippen molar-refractivity contribution < 1.29 is 8.78 Å². The van der Waals surface area contributed by atoms with Crippen LogP contribution < -0.4 is 9.80 Å². The molecule has 1 heterocycles. The van der Waals surface area contributed by atoms with E-state index >= 15 is 8.78 Å². The molecule has 0 saturated heterocycles. The lowest BCUT2D eigenvalue weighted by Crippen LogP contribution is -2.54. The summed E-state index contributed by atoms with van der Waals surface area (Å²) in [5, 5.41) is 0.699. The summed E-state index contributed by atoms with van der Waals surface area (Å²) in [5.74, 6) is -0.796. The lowest BCUT2D eigenvalue weighted by atomic mass is 9.61. The fourth-order valence-electron chi connectivity index (χ4n) is 6.90. The number of aryl methyl sites for hydroxylation is 1. The molecular weight excluding hydrogens is 498 g/mol. The van der Waals surface area contributed by atoms with Gasteiger partial charge in [-0.05, 0) is 86.8 Å². The average molecular weight is 529 g/mol. The van der Waals surface area contributed by atoms with Crippen LogP contribution in [0.15, 0.2) is 84.9 Å². The van der Waals surface area contributed by atoms with Gasteiger partial charge in [-0.25, -0.2) is 8.78 Å². The van der Waals surface area contributed by atoms with Crippen LogP contribution >= 0.6 is 11.6 Å². The smallest absolute Gasteiger partial charge is 0.147 e. The van der Waals surface area contributed by atoms with Gasteiger partial charge in [0.25, 0.3) is 0 Å². The highest BCUT2D eigenvalue weighted by atomic mass is 35.5. The van der Waals surface area contributed by atoms with Gasteiger partial charge in [-0.2, -0.15) is 0 Å². The summed E-state index contributed by atoms with van der Waals surface area (Å²) in [5.41, 5.74) is 5.27. The Morgan fingerprint density at radius 3 is 2.00 bits per heavy atom. The summed E-state index contributed by atoms with van der Waals surface area (Å²) >= 11 is 6.57. The third kappa shape index (κ3) is 3.65. The van der Waals surface area contributed by atoms with Crippen LogP contribution in [-0.4, -0.2) is 5.54 Å². The molecule has 5 heteroatoms. The molecule has 0 spiro atoms. The van der Waals surface area contributed by atoms with E-state index in [1.54, 1.807) is 41.3 Å². The molecule has 2 nitrogen and oxygen atoms in total. The van der Waals surface area contributed by atoms with Crippen LogP contribution in [0.3, 0.4) is 0 Å². The maximum Gasteiger partial charge on any atom is 0.147 e. The zero-order valence-corrected chi connectivity index (χ0v) is 22.7. The largest absolute Gasteiger partial charge is 0.334 e. The van der Waals surface area contributed by atoms with E-state index in [2.05, 4.69) is 37.8 Å². The van der Waals surface area contributed by atoms with E-state index in [1.807, 2.05) is 24.3 Å². The van der Waals surface area contributed by atoms with Crippen molar-refractivity contribution in [1.82, 2.24) is 0 Å². The van der Waals surface area contributed by atoms with E-state index < -0.39 is 11.6 Å². The van der Waals surface area contributed by atoms with Crippen molar-refractivity contribution in [3.8, 4) is 0 Å². The quantitative estimate of drug-likeness (QED) is 0.260. The summed E-state index contributed by atoms with van der Waals surface area (Å²) in [6.07, 6.45) is 4.20. The molecule has 2 unspecified atom stereocenters. The molecule has 0 bridgehead atoms.